The SMILES string of the molecule is CC(=O)O[Si](C)(C)CO[Si](C)(C)C. The van der Waals surface area contributed by atoms with Gasteiger partial charge in [-0.25, -0.2) is 0 Å². The van der Waals surface area contributed by atoms with Gasteiger partial charge in [-0.2, -0.15) is 0 Å². The van der Waals surface area contributed by atoms with Crippen molar-refractivity contribution in [2.24, 2.45) is 0 Å². The first kappa shape index (κ1) is 12.9. The predicted molar refractivity (Wildman–Crippen MR) is 58.5 cm³/mol. The summed E-state index contributed by atoms with van der Waals surface area (Å²) < 4.78 is 10.9. The Hall–Kier alpha value is -0.136. The molecule has 0 heterocycles. The van der Waals surface area contributed by atoms with Crippen LogP contribution in [0.15, 0.2) is 0 Å². The topological polar surface area (TPSA) is 35.5 Å². The Bertz CT molecular complexity index is 184. The van der Waals surface area contributed by atoms with Crippen molar-refractivity contribution in [3.05, 3.63) is 0 Å². The van der Waals surface area contributed by atoms with Crippen LogP contribution in [0.2, 0.25) is 32.7 Å². The van der Waals surface area contributed by atoms with Gasteiger partial charge in [0.15, 0.2) is 8.32 Å². The van der Waals surface area contributed by atoms with Crippen LogP contribution in [0.25, 0.3) is 0 Å². The van der Waals surface area contributed by atoms with Gasteiger partial charge in [0.25, 0.3) is 14.3 Å². The van der Waals surface area contributed by atoms with Crippen molar-refractivity contribution < 1.29 is 13.6 Å². The van der Waals surface area contributed by atoms with Crippen LogP contribution in [0.1, 0.15) is 6.92 Å². The summed E-state index contributed by atoms with van der Waals surface area (Å²) in [5, 5.41) is 0. The number of hydrogen-bond donors (Lipinski definition) is 0. The second kappa shape index (κ2) is 4.39. The van der Waals surface area contributed by atoms with Crippen LogP contribution in [0, 0.1) is 0 Å². The Morgan fingerprint density at radius 2 is 1.62 bits per heavy atom. The quantitative estimate of drug-likeness (QED) is 0.681. The molecular weight excluding hydrogens is 200 g/mol. The lowest BCUT2D eigenvalue weighted by Crippen LogP contribution is -2.42. The molecule has 0 aliphatic rings. The molecule has 0 radical (unpaired) electrons. The lowest BCUT2D eigenvalue weighted by molar-refractivity contribution is -0.132. The van der Waals surface area contributed by atoms with Gasteiger partial charge in [-0.3, -0.25) is 4.79 Å². The van der Waals surface area contributed by atoms with E-state index in [-0.39, 0.29) is 5.97 Å². The van der Waals surface area contributed by atoms with E-state index < -0.39 is 16.6 Å². The van der Waals surface area contributed by atoms with Crippen molar-refractivity contribution in [2.75, 3.05) is 6.23 Å². The first-order valence-corrected chi connectivity index (χ1v) is 11.0. The second-order valence-corrected chi connectivity index (χ2v) is 13.3. The maximum atomic E-state index is 10.8. The van der Waals surface area contributed by atoms with E-state index in [0.29, 0.717) is 6.23 Å². The van der Waals surface area contributed by atoms with Crippen molar-refractivity contribution in [2.45, 2.75) is 39.7 Å². The van der Waals surface area contributed by atoms with E-state index in [2.05, 4.69) is 19.6 Å². The van der Waals surface area contributed by atoms with Gasteiger partial charge in [0.2, 0.25) is 0 Å². The number of carbonyl (C=O) groups excluding carboxylic acids is 1. The summed E-state index contributed by atoms with van der Waals surface area (Å²) in [6.45, 7) is 11.8. The monoisotopic (exact) mass is 220 g/mol. The van der Waals surface area contributed by atoms with Crippen molar-refractivity contribution in [1.29, 1.82) is 0 Å². The van der Waals surface area contributed by atoms with E-state index in [1.54, 1.807) is 0 Å². The van der Waals surface area contributed by atoms with Gasteiger partial charge in [0, 0.05) is 6.92 Å². The van der Waals surface area contributed by atoms with Crippen molar-refractivity contribution in [3.8, 4) is 0 Å². The third-order valence-electron chi connectivity index (χ3n) is 1.27. The fraction of sp³-hybridized carbons (Fsp3) is 0.875. The molecule has 0 rings (SSSR count). The summed E-state index contributed by atoms with van der Waals surface area (Å²) in [6.07, 6.45) is 0.613. The minimum absolute atomic E-state index is 0.198. The first-order valence-electron chi connectivity index (χ1n) is 4.46. The molecule has 78 valence electrons. The van der Waals surface area contributed by atoms with Gasteiger partial charge in [0.1, 0.15) is 0 Å². The summed E-state index contributed by atoms with van der Waals surface area (Å²) in [4.78, 5) is 10.8. The molecule has 3 nitrogen and oxygen atoms in total. The standard InChI is InChI=1S/C8H20O3Si2/c1-8(9)11-13(5,6)7-10-12(2,3)4/h7H2,1-6H3. The molecule has 0 fully saturated rings. The highest BCUT2D eigenvalue weighted by Crippen LogP contribution is 2.10. The predicted octanol–water partition coefficient (Wildman–Crippen LogP) is 2.15. The lowest BCUT2D eigenvalue weighted by Gasteiger charge is -2.26. The molecule has 0 aliphatic carbocycles. The molecule has 0 N–H and O–H groups in total. The highest BCUT2D eigenvalue weighted by Gasteiger charge is 2.29. The van der Waals surface area contributed by atoms with Gasteiger partial charge in [-0.1, -0.05) is 0 Å². The minimum Gasteiger partial charge on any atom is -0.518 e. The van der Waals surface area contributed by atoms with Gasteiger partial charge < -0.3 is 8.85 Å². The molecule has 0 bridgehead atoms. The Balaban J connectivity index is 3.96. The van der Waals surface area contributed by atoms with E-state index in [9.17, 15) is 4.79 Å². The van der Waals surface area contributed by atoms with Crippen LogP contribution in [-0.4, -0.2) is 28.8 Å². The van der Waals surface area contributed by atoms with E-state index in [1.807, 2.05) is 13.1 Å². The molecule has 0 aromatic carbocycles. The molecule has 0 amide bonds. The largest absolute Gasteiger partial charge is 0.518 e. The van der Waals surface area contributed by atoms with E-state index in [0.717, 1.165) is 0 Å². The first-order chi connectivity index (χ1) is 5.62. The molecule has 0 aromatic rings. The molecule has 13 heavy (non-hydrogen) atoms. The Kier molecular flexibility index (Phi) is 4.34. The molecule has 0 atom stereocenters. The van der Waals surface area contributed by atoms with Gasteiger partial charge in [0.05, 0.1) is 6.23 Å². The summed E-state index contributed by atoms with van der Waals surface area (Å²) in [5.74, 6) is -0.198. The minimum atomic E-state index is -1.91. The maximum absolute atomic E-state index is 10.8. The fourth-order valence-corrected chi connectivity index (χ4v) is 4.77. The van der Waals surface area contributed by atoms with Crippen molar-refractivity contribution >= 4 is 22.6 Å². The van der Waals surface area contributed by atoms with E-state index >= 15 is 0 Å². The van der Waals surface area contributed by atoms with Crippen LogP contribution >= 0.6 is 0 Å². The Labute approximate surface area is 82.7 Å². The molecular formula is C8H20O3Si2. The van der Waals surface area contributed by atoms with Gasteiger partial charge in [-0.15, -0.1) is 0 Å². The lowest BCUT2D eigenvalue weighted by atomic mass is 10.9. The smallest absolute Gasteiger partial charge is 0.289 e. The van der Waals surface area contributed by atoms with Crippen molar-refractivity contribution in [3.63, 3.8) is 0 Å². The average molecular weight is 220 g/mol. The summed E-state index contributed by atoms with van der Waals surface area (Å²) in [6, 6.07) is 0. The third kappa shape index (κ3) is 8.20. The van der Waals surface area contributed by atoms with E-state index in [1.165, 1.54) is 6.92 Å². The summed E-state index contributed by atoms with van der Waals surface area (Å²) in [5.41, 5.74) is 0. The molecule has 0 spiro atoms. The molecule has 5 heteroatoms. The number of carbonyl (C=O) groups is 1. The molecule has 0 aromatic heterocycles. The zero-order valence-corrected chi connectivity index (χ0v) is 11.4. The van der Waals surface area contributed by atoms with Crippen LogP contribution in [0.4, 0.5) is 0 Å². The van der Waals surface area contributed by atoms with Gasteiger partial charge >= 0.3 is 0 Å². The molecule has 0 saturated carbocycles. The highest BCUT2D eigenvalue weighted by molar-refractivity contribution is 6.75. The number of rotatable bonds is 4. The normalized spacial score (nSPS) is 12.8. The van der Waals surface area contributed by atoms with Crippen molar-refractivity contribution in [1.82, 2.24) is 0 Å². The van der Waals surface area contributed by atoms with Crippen LogP contribution in [0.5, 0.6) is 0 Å². The number of hydrogen-bond acceptors (Lipinski definition) is 3. The second-order valence-electron chi connectivity index (χ2n) is 4.75. The molecule has 0 saturated heterocycles. The van der Waals surface area contributed by atoms with Crippen LogP contribution in [-0.2, 0) is 13.6 Å². The van der Waals surface area contributed by atoms with Gasteiger partial charge in [-0.05, 0) is 32.7 Å². The highest BCUT2D eigenvalue weighted by atomic mass is 28.4. The molecule has 0 aliphatic heterocycles. The van der Waals surface area contributed by atoms with Crippen LogP contribution < -0.4 is 0 Å². The Morgan fingerprint density at radius 3 is 1.92 bits per heavy atom. The molecule has 0 unspecified atom stereocenters. The fourth-order valence-electron chi connectivity index (χ4n) is 0.809. The third-order valence-corrected chi connectivity index (χ3v) is 4.25. The zero-order chi connectivity index (χ0) is 10.7. The van der Waals surface area contributed by atoms with E-state index in [4.69, 9.17) is 8.85 Å². The Morgan fingerprint density at radius 1 is 1.15 bits per heavy atom. The van der Waals surface area contributed by atoms with Crippen LogP contribution in [0.3, 0.4) is 0 Å². The summed E-state index contributed by atoms with van der Waals surface area (Å²) >= 11 is 0. The average Bonchev–Trinajstić information content (AvgIpc) is 1.79. The zero-order valence-electron chi connectivity index (χ0n) is 9.43. The maximum Gasteiger partial charge on any atom is 0.289 e. The summed E-state index contributed by atoms with van der Waals surface area (Å²) in [7, 11) is -3.39.